The molecule has 0 amide bonds. The van der Waals surface area contributed by atoms with E-state index >= 15 is 0 Å². The summed E-state index contributed by atoms with van der Waals surface area (Å²) in [5.74, 6) is 0. The minimum atomic E-state index is 1.19. The first kappa shape index (κ1) is 17.5. The van der Waals surface area contributed by atoms with Crippen molar-refractivity contribution in [3.63, 3.8) is 0 Å². The van der Waals surface area contributed by atoms with Crippen molar-refractivity contribution in [1.29, 1.82) is 0 Å². The van der Waals surface area contributed by atoms with Gasteiger partial charge in [0.1, 0.15) is 0 Å². The molecule has 0 atom stereocenters. The maximum atomic E-state index is 2.39. The largest absolute Gasteiger partial charge is 0.0888 e. The molecule has 0 aromatic heterocycles. The van der Waals surface area contributed by atoms with Crippen LogP contribution in [0, 0.1) is 0 Å². The zero-order chi connectivity index (χ0) is 13.3. The fourth-order valence-electron chi connectivity index (χ4n) is 2.09. The second kappa shape index (κ2) is 16.5. The number of allylic oxidation sites excluding steroid dienone is 4. The monoisotopic (exact) mass is 250 g/mol. The summed E-state index contributed by atoms with van der Waals surface area (Å²) in [5.41, 5.74) is 0. The van der Waals surface area contributed by atoms with E-state index in [4.69, 9.17) is 0 Å². The van der Waals surface area contributed by atoms with Crippen LogP contribution in [-0.2, 0) is 0 Å². The number of hydrogen-bond donors (Lipinski definition) is 0. The molecule has 0 saturated carbocycles. The molecule has 0 aliphatic rings. The molecule has 0 spiro atoms. The van der Waals surface area contributed by atoms with Crippen molar-refractivity contribution < 1.29 is 0 Å². The van der Waals surface area contributed by atoms with Crippen molar-refractivity contribution >= 4 is 0 Å². The lowest BCUT2D eigenvalue weighted by molar-refractivity contribution is 0.621. The van der Waals surface area contributed by atoms with Gasteiger partial charge in [0.05, 0.1) is 0 Å². The van der Waals surface area contributed by atoms with Crippen LogP contribution < -0.4 is 0 Å². The van der Waals surface area contributed by atoms with Crippen molar-refractivity contribution in [1.82, 2.24) is 0 Å². The van der Waals surface area contributed by atoms with Gasteiger partial charge in [-0.2, -0.15) is 0 Å². The molecule has 0 radical (unpaired) electrons. The zero-order valence-corrected chi connectivity index (χ0v) is 12.8. The van der Waals surface area contributed by atoms with Gasteiger partial charge >= 0.3 is 0 Å². The fraction of sp³-hybridized carbons (Fsp3) is 0.778. The highest BCUT2D eigenvalue weighted by Gasteiger charge is 1.89. The summed E-state index contributed by atoms with van der Waals surface area (Å²) >= 11 is 0. The smallest absolute Gasteiger partial charge is 0.0351 e. The maximum Gasteiger partial charge on any atom is -0.0351 e. The van der Waals surface area contributed by atoms with Crippen LogP contribution in [0.3, 0.4) is 0 Å². The first-order valence-electron chi connectivity index (χ1n) is 8.21. The van der Waals surface area contributed by atoms with Gasteiger partial charge in [0, 0.05) is 0 Å². The molecule has 0 fully saturated rings. The van der Waals surface area contributed by atoms with Gasteiger partial charge in [0.15, 0.2) is 0 Å². The first-order chi connectivity index (χ1) is 8.91. The Morgan fingerprint density at radius 2 is 0.944 bits per heavy atom. The highest BCUT2D eigenvalue weighted by molar-refractivity contribution is 4.81. The third kappa shape index (κ3) is 15.5. The summed E-state index contributed by atoms with van der Waals surface area (Å²) < 4.78 is 0. The minimum Gasteiger partial charge on any atom is -0.0888 e. The molecule has 0 aliphatic carbocycles. The van der Waals surface area contributed by atoms with Gasteiger partial charge < -0.3 is 0 Å². The Morgan fingerprint density at radius 3 is 1.44 bits per heavy atom. The first-order valence-corrected chi connectivity index (χ1v) is 8.21. The summed E-state index contributed by atoms with van der Waals surface area (Å²) in [4.78, 5) is 0. The molecule has 0 aromatic rings. The van der Waals surface area contributed by atoms with Crippen molar-refractivity contribution in [2.45, 2.75) is 90.9 Å². The Morgan fingerprint density at radius 1 is 0.500 bits per heavy atom. The highest BCUT2D eigenvalue weighted by Crippen LogP contribution is 2.08. The van der Waals surface area contributed by atoms with Gasteiger partial charge in [-0.3, -0.25) is 0 Å². The third-order valence-corrected chi connectivity index (χ3v) is 3.28. The van der Waals surface area contributed by atoms with Crippen LogP contribution in [0.15, 0.2) is 24.3 Å². The van der Waals surface area contributed by atoms with Crippen LogP contribution in [-0.4, -0.2) is 0 Å². The van der Waals surface area contributed by atoms with E-state index in [0.29, 0.717) is 0 Å². The standard InChI is InChI=1S/C18H34/c1-3-5-7-9-11-13-15-17-18-16-14-12-10-8-6-4-2/h5,7,12,14H,3-4,6,8-11,13,15-18H2,1-2H3. The zero-order valence-electron chi connectivity index (χ0n) is 12.8. The van der Waals surface area contributed by atoms with E-state index < -0.39 is 0 Å². The van der Waals surface area contributed by atoms with E-state index in [1.807, 2.05) is 0 Å². The van der Waals surface area contributed by atoms with E-state index in [1.165, 1.54) is 77.0 Å². The Labute approximate surface area is 116 Å². The van der Waals surface area contributed by atoms with Crippen LogP contribution in [0.1, 0.15) is 90.9 Å². The molecule has 0 unspecified atom stereocenters. The van der Waals surface area contributed by atoms with Crippen molar-refractivity contribution in [2.24, 2.45) is 0 Å². The number of hydrogen-bond acceptors (Lipinski definition) is 0. The second-order valence-corrected chi connectivity index (χ2v) is 5.19. The van der Waals surface area contributed by atoms with Gasteiger partial charge in [-0.15, -0.1) is 0 Å². The average Bonchev–Trinajstić information content (AvgIpc) is 2.39. The van der Waals surface area contributed by atoms with Crippen molar-refractivity contribution in [3.05, 3.63) is 24.3 Å². The lowest BCUT2D eigenvalue weighted by atomic mass is 10.1. The SMILES string of the molecule is CCC=CCCCCCCCC=CCCCCC. The summed E-state index contributed by atoms with van der Waals surface area (Å²) in [6.45, 7) is 4.47. The average molecular weight is 250 g/mol. The third-order valence-electron chi connectivity index (χ3n) is 3.28. The van der Waals surface area contributed by atoms with Gasteiger partial charge in [-0.25, -0.2) is 0 Å². The Kier molecular flexibility index (Phi) is 16.0. The van der Waals surface area contributed by atoms with Crippen LogP contribution >= 0.6 is 0 Å². The number of unbranched alkanes of at least 4 members (excludes halogenated alkanes) is 9. The predicted molar refractivity (Wildman–Crippen MR) is 85.0 cm³/mol. The molecule has 0 bridgehead atoms. The van der Waals surface area contributed by atoms with E-state index in [1.54, 1.807) is 0 Å². The topological polar surface area (TPSA) is 0 Å². The van der Waals surface area contributed by atoms with Gasteiger partial charge in [0.25, 0.3) is 0 Å². The lowest BCUT2D eigenvalue weighted by Gasteiger charge is -1.98. The molecule has 0 heteroatoms. The Hall–Kier alpha value is -0.520. The molecular formula is C18H34. The summed E-state index contributed by atoms with van der Waals surface area (Å²) in [6, 6.07) is 0. The van der Waals surface area contributed by atoms with E-state index in [-0.39, 0.29) is 0 Å². The molecule has 0 heterocycles. The molecule has 0 saturated heterocycles. The molecule has 0 rings (SSSR count). The highest BCUT2D eigenvalue weighted by atomic mass is 13.9. The van der Waals surface area contributed by atoms with Crippen LogP contribution in [0.25, 0.3) is 0 Å². The molecular weight excluding hydrogens is 216 g/mol. The van der Waals surface area contributed by atoms with Crippen LogP contribution in [0.5, 0.6) is 0 Å². The van der Waals surface area contributed by atoms with Gasteiger partial charge in [0.2, 0.25) is 0 Å². The Bertz CT molecular complexity index is 188. The normalized spacial score (nSPS) is 11.9. The van der Waals surface area contributed by atoms with E-state index in [0.717, 1.165) is 0 Å². The van der Waals surface area contributed by atoms with E-state index in [2.05, 4.69) is 38.2 Å². The van der Waals surface area contributed by atoms with Gasteiger partial charge in [-0.1, -0.05) is 70.3 Å². The summed E-state index contributed by atoms with van der Waals surface area (Å²) in [5, 5.41) is 0. The molecule has 18 heavy (non-hydrogen) atoms. The molecule has 0 aromatic carbocycles. The predicted octanol–water partition coefficient (Wildman–Crippen LogP) is 6.82. The van der Waals surface area contributed by atoms with Crippen molar-refractivity contribution in [2.75, 3.05) is 0 Å². The summed E-state index contributed by atoms with van der Waals surface area (Å²) in [7, 11) is 0. The Balaban J connectivity index is 3.04. The quantitative estimate of drug-likeness (QED) is 0.248. The molecule has 0 nitrogen and oxygen atoms in total. The number of rotatable bonds is 13. The second-order valence-electron chi connectivity index (χ2n) is 5.19. The molecule has 0 aliphatic heterocycles. The molecule has 0 N–H and O–H groups in total. The van der Waals surface area contributed by atoms with E-state index in [9.17, 15) is 0 Å². The van der Waals surface area contributed by atoms with Crippen LogP contribution in [0.4, 0.5) is 0 Å². The van der Waals surface area contributed by atoms with Crippen LogP contribution in [0.2, 0.25) is 0 Å². The van der Waals surface area contributed by atoms with Gasteiger partial charge in [-0.05, 0) is 44.9 Å². The maximum absolute atomic E-state index is 2.39. The fourth-order valence-corrected chi connectivity index (χ4v) is 2.09. The minimum absolute atomic E-state index is 1.19. The molecule has 106 valence electrons. The van der Waals surface area contributed by atoms with Crippen molar-refractivity contribution in [3.8, 4) is 0 Å². The lowest BCUT2D eigenvalue weighted by Crippen LogP contribution is -1.78. The summed E-state index contributed by atoms with van der Waals surface area (Å²) in [6.07, 6.45) is 25.5.